The number of aromatic nitrogens is 1. The Kier molecular flexibility index (Phi) is 4.77. The second-order valence-corrected chi connectivity index (χ2v) is 5.95. The fourth-order valence-electron chi connectivity index (χ4n) is 2.30. The van der Waals surface area contributed by atoms with Crippen LogP contribution in [0.2, 0.25) is 0 Å². The smallest absolute Gasteiger partial charge is 0.265 e. The van der Waals surface area contributed by atoms with Crippen molar-refractivity contribution in [1.82, 2.24) is 9.69 Å². The van der Waals surface area contributed by atoms with Crippen LogP contribution in [0.1, 0.15) is 15.2 Å². The number of anilines is 1. The highest BCUT2D eigenvalue weighted by atomic mass is 32.1. The third kappa shape index (κ3) is 3.38. The van der Waals surface area contributed by atoms with Gasteiger partial charge in [0.25, 0.3) is 5.91 Å². The van der Waals surface area contributed by atoms with Crippen LogP contribution in [0, 0.1) is 0 Å². The monoisotopic (exact) mass is 339 g/mol. The molecule has 1 heterocycles. The molecule has 6 heteroatoms. The highest BCUT2D eigenvalue weighted by Gasteiger charge is 2.18. The molecule has 0 radical (unpaired) electrons. The summed E-state index contributed by atoms with van der Waals surface area (Å²) >= 11 is 1.10. The van der Waals surface area contributed by atoms with Crippen LogP contribution in [0.15, 0.2) is 54.6 Å². The number of hydrogen-bond acceptors (Lipinski definition) is 5. The second-order valence-electron chi connectivity index (χ2n) is 5.17. The predicted molar refractivity (Wildman–Crippen MR) is 96.1 cm³/mol. The van der Waals surface area contributed by atoms with Crippen molar-refractivity contribution >= 4 is 23.1 Å². The van der Waals surface area contributed by atoms with E-state index in [1.807, 2.05) is 54.6 Å². The van der Waals surface area contributed by atoms with Gasteiger partial charge in [-0.05, 0) is 29.2 Å². The van der Waals surface area contributed by atoms with Crippen LogP contribution in [-0.2, 0) is 6.54 Å². The maximum Gasteiger partial charge on any atom is 0.265 e. The van der Waals surface area contributed by atoms with Crippen molar-refractivity contribution in [2.45, 2.75) is 6.54 Å². The van der Waals surface area contributed by atoms with Crippen molar-refractivity contribution in [2.75, 3.05) is 12.8 Å². The van der Waals surface area contributed by atoms with Gasteiger partial charge in [-0.25, -0.2) is 0 Å². The molecule has 0 aliphatic rings. The number of benzene rings is 2. The molecule has 122 valence electrons. The molecule has 3 rings (SSSR count). The fourth-order valence-corrected chi connectivity index (χ4v) is 3.03. The summed E-state index contributed by atoms with van der Waals surface area (Å²) in [5, 5.41) is 2.87. The van der Waals surface area contributed by atoms with Crippen molar-refractivity contribution in [3.63, 3.8) is 0 Å². The molecular weight excluding hydrogens is 322 g/mol. The summed E-state index contributed by atoms with van der Waals surface area (Å²) < 4.78 is 9.55. The fraction of sp³-hybridized carbons (Fsp3) is 0.111. The van der Waals surface area contributed by atoms with Crippen LogP contribution in [-0.4, -0.2) is 17.4 Å². The Morgan fingerprint density at radius 2 is 2.00 bits per heavy atom. The number of nitrogens with one attached hydrogen (secondary N) is 1. The molecule has 0 saturated carbocycles. The number of methoxy groups -OCH3 is 1. The van der Waals surface area contributed by atoms with Gasteiger partial charge in [0.2, 0.25) is 0 Å². The summed E-state index contributed by atoms with van der Waals surface area (Å²) in [6.45, 7) is 0.450. The molecule has 0 bridgehead atoms. The van der Waals surface area contributed by atoms with E-state index in [9.17, 15) is 4.79 Å². The zero-order valence-corrected chi connectivity index (χ0v) is 14.0. The summed E-state index contributed by atoms with van der Waals surface area (Å²) in [7, 11) is 1.60. The van der Waals surface area contributed by atoms with E-state index < -0.39 is 0 Å². The molecule has 1 amide bonds. The molecule has 24 heavy (non-hydrogen) atoms. The van der Waals surface area contributed by atoms with Gasteiger partial charge in [0.05, 0.1) is 12.8 Å². The Hall–Kier alpha value is -2.86. The van der Waals surface area contributed by atoms with Gasteiger partial charge in [0.15, 0.2) is 0 Å². The summed E-state index contributed by atoms with van der Waals surface area (Å²) in [5.41, 5.74) is 8.99. The molecule has 0 spiro atoms. The first-order valence-corrected chi connectivity index (χ1v) is 8.18. The standard InChI is InChI=1S/C18H17N3O2S/c1-23-14-9-5-8-13(10-14)16-15(19)17(24-21-16)18(22)20-11-12-6-3-2-4-7-12/h2-10H,11,19H2,1H3,(H,20,22). The molecule has 3 N–H and O–H groups in total. The summed E-state index contributed by atoms with van der Waals surface area (Å²) in [5.74, 6) is 0.498. The lowest BCUT2D eigenvalue weighted by atomic mass is 10.1. The average molecular weight is 339 g/mol. The normalized spacial score (nSPS) is 10.4. The minimum Gasteiger partial charge on any atom is -0.497 e. The van der Waals surface area contributed by atoms with Crippen molar-refractivity contribution in [1.29, 1.82) is 0 Å². The van der Waals surface area contributed by atoms with Crippen molar-refractivity contribution < 1.29 is 9.53 Å². The highest BCUT2D eigenvalue weighted by Crippen LogP contribution is 2.32. The minimum absolute atomic E-state index is 0.219. The second kappa shape index (κ2) is 7.14. The molecule has 1 aromatic heterocycles. The van der Waals surface area contributed by atoms with Crippen LogP contribution in [0.25, 0.3) is 11.3 Å². The van der Waals surface area contributed by atoms with Crippen molar-refractivity contribution in [3.8, 4) is 17.0 Å². The maximum atomic E-state index is 12.4. The molecular formula is C18H17N3O2S. The van der Waals surface area contributed by atoms with Gasteiger partial charge in [0.1, 0.15) is 16.3 Å². The predicted octanol–water partition coefficient (Wildman–Crippen LogP) is 3.33. The zero-order valence-electron chi connectivity index (χ0n) is 13.2. The molecule has 0 atom stereocenters. The number of ether oxygens (including phenoxy) is 1. The van der Waals surface area contributed by atoms with Crippen molar-refractivity contribution in [3.05, 3.63) is 65.0 Å². The molecule has 5 nitrogen and oxygen atoms in total. The lowest BCUT2D eigenvalue weighted by Crippen LogP contribution is -2.22. The minimum atomic E-state index is -0.219. The third-order valence-corrected chi connectivity index (χ3v) is 4.44. The number of carbonyl (C=O) groups is 1. The van der Waals surface area contributed by atoms with Crippen LogP contribution in [0.3, 0.4) is 0 Å². The molecule has 2 aromatic carbocycles. The number of amides is 1. The largest absolute Gasteiger partial charge is 0.497 e. The molecule has 0 aliphatic heterocycles. The quantitative estimate of drug-likeness (QED) is 0.747. The first-order valence-electron chi connectivity index (χ1n) is 7.40. The maximum absolute atomic E-state index is 12.4. The molecule has 0 unspecified atom stereocenters. The van der Waals surface area contributed by atoms with Gasteiger partial charge in [0, 0.05) is 12.1 Å². The third-order valence-electron chi connectivity index (χ3n) is 3.57. The van der Waals surface area contributed by atoms with Gasteiger partial charge >= 0.3 is 0 Å². The van der Waals surface area contributed by atoms with E-state index in [2.05, 4.69) is 9.69 Å². The number of nitrogen functional groups attached to an aromatic ring is 1. The van der Waals surface area contributed by atoms with Gasteiger partial charge in [-0.3, -0.25) is 4.79 Å². The molecule has 0 fully saturated rings. The Labute approximate surface area is 144 Å². The Morgan fingerprint density at radius 1 is 1.21 bits per heavy atom. The summed E-state index contributed by atoms with van der Waals surface area (Å²) in [6, 6.07) is 17.2. The number of nitrogens with two attached hydrogens (primary N) is 1. The van der Waals surface area contributed by atoms with Crippen LogP contribution < -0.4 is 15.8 Å². The first-order chi connectivity index (χ1) is 11.7. The lowest BCUT2D eigenvalue weighted by Gasteiger charge is -2.05. The van der Waals surface area contributed by atoms with Crippen LogP contribution in [0.4, 0.5) is 5.69 Å². The van der Waals surface area contributed by atoms with E-state index in [0.29, 0.717) is 22.8 Å². The van der Waals surface area contributed by atoms with E-state index in [4.69, 9.17) is 10.5 Å². The van der Waals surface area contributed by atoms with E-state index in [1.165, 1.54) is 0 Å². The SMILES string of the molecule is COc1cccc(-c2nsc(C(=O)NCc3ccccc3)c2N)c1. The van der Waals surface area contributed by atoms with Crippen molar-refractivity contribution in [2.24, 2.45) is 0 Å². The number of hydrogen-bond donors (Lipinski definition) is 2. The number of carbonyl (C=O) groups excluding carboxylic acids is 1. The van der Waals surface area contributed by atoms with Crippen LogP contribution in [0.5, 0.6) is 5.75 Å². The zero-order chi connectivity index (χ0) is 16.9. The van der Waals surface area contributed by atoms with E-state index in [0.717, 1.165) is 28.4 Å². The van der Waals surface area contributed by atoms with Gasteiger partial charge in [-0.1, -0.05) is 42.5 Å². The first kappa shape index (κ1) is 16.0. The van der Waals surface area contributed by atoms with Crippen LogP contribution >= 0.6 is 11.5 Å². The Balaban J connectivity index is 1.77. The van der Waals surface area contributed by atoms with Gasteiger partial charge in [-0.15, -0.1) is 0 Å². The van der Waals surface area contributed by atoms with E-state index >= 15 is 0 Å². The van der Waals surface area contributed by atoms with Gasteiger partial charge in [-0.2, -0.15) is 4.37 Å². The lowest BCUT2D eigenvalue weighted by molar-refractivity contribution is 0.0956. The topological polar surface area (TPSA) is 77.2 Å². The Morgan fingerprint density at radius 3 is 2.75 bits per heavy atom. The van der Waals surface area contributed by atoms with E-state index in [-0.39, 0.29) is 5.91 Å². The summed E-state index contributed by atoms with van der Waals surface area (Å²) in [4.78, 5) is 12.8. The molecule has 3 aromatic rings. The Bertz CT molecular complexity index is 846. The molecule has 0 aliphatic carbocycles. The molecule has 0 saturated heterocycles. The number of nitrogens with zero attached hydrogens (tertiary/aromatic N) is 1. The summed E-state index contributed by atoms with van der Waals surface area (Å²) in [6.07, 6.45) is 0. The van der Waals surface area contributed by atoms with E-state index in [1.54, 1.807) is 7.11 Å². The number of rotatable bonds is 5. The average Bonchev–Trinajstić information content (AvgIpc) is 3.02. The highest BCUT2D eigenvalue weighted by molar-refractivity contribution is 7.09. The van der Waals surface area contributed by atoms with Gasteiger partial charge < -0.3 is 15.8 Å².